The number of aromatic nitrogens is 3. The van der Waals surface area contributed by atoms with Crippen LogP contribution in [0.1, 0.15) is 36.8 Å². The molecule has 1 unspecified atom stereocenters. The monoisotopic (exact) mass is 645 g/mol. The van der Waals surface area contributed by atoms with Crippen molar-refractivity contribution in [2.75, 3.05) is 0 Å². The maximum Gasteiger partial charge on any atom is 0.164 e. The van der Waals surface area contributed by atoms with Crippen LogP contribution in [0.25, 0.3) is 45.3 Å². The third-order valence-corrected chi connectivity index (χ3v) is 10.0. The summed E-state index contributed by atoms with van der Waals surface area (Å²) < 4.78 is 6.67. The van der Waals surface area contributed by atoms with Gasteiger partial charge in [0.25, 0.3) is 0 Å². The Morgan fingerprint density at radius 3 is 1.76 bits per heavy atom. The Hall–Kier alpha value is -6.13. The quantitative estimate of drug-likeness (QED) is 0.181. The highest BCUT2D eigenvalue weighted by atomic mass is 16.5. The average Bonchev–Trinajstić information content (AvgIpc) is 3.21. The SMILES string of the molecule is C1=CC(C2(c3ccccc3-c3ccccc3-c3nc(-c4ccccc4)nc(-c4ccccc4)n3)C3=C(C=CCC3)Oc3ccccc32)=CCC1. The normalized spacial score (nSPS) is 17.8. The van der Waals surface area contributed by atoms with E-state index in [1.165, 1.54) is 22.3 Å². The highest BCUT2D eigenvalue weighted by molar-refractivity contribution is 5.86. The van der Waals surface area contributed by atoms with Gasteiger partial charge in [0.05, 0.1) is 5.41 Å². The Morgan fingerprint density at radius 1 is 0.480 bits per heavy atom. The van der Waals surface area contributed by atoms with Crippen LogP contribution in [-0.4, -0.2) is 15.0 Å². The Balaban J connectivity index is 1.32. The van der Waals surface area contributed by atoms with Crippen LogP contribution in [-0.2, 0) is 5.41 Å². The number of hydrogen-bond acceptors (Lipinski definition) is 4. The standard InChI is InChI=1S/C46H35N3O/c1-4-18-32(19-5-1)43-47-44(33-20-6-2-7-21-33)49-45(48-43)37-26-11-10-24-35(37)36-25-12-13-27-38(36)46(34-22-8-3-9-23-34)39-28-14-16-30-41(39)50-42-31-17-15-29-40(42)46/h1-2,4-8,10-14,16-28,30-31H,3,9,15,29H2. The molecule has 0 N–H and O–H groups in total. The summed E-state index contributed by atoms with van der Waals surface area (Å²) in [6, 6.07) is 46.4. The molecule has 1 aromatic heterocycles. The van der Waals surface area contributed by atoms with Crippen LogP contribution < -0.4 is 4.74 Å². The van der Waals surface area contributed by atoms with Gasteiger partial charge in [0.2, 0.25) is 0 Å². The van der Waals surface area contributed by atoms with Gasteiger partial charge in [-0.25, -0.2) is 15.0 Å². The molecule has 0 bridgehead atoms. The molecule has 50 heavy (non-hydrogen) atoms. The minimum Gasteiger partial charge on any atom is -0.457 e. The van der Waals surface area contributed by atoms with Gasteiger partial charge in [-0.1, -0.05) is 152 Å². The number of fused-ring (bicyclic) bond motifs is 1. The van der Waals surface area contributed by atoms with Crippen LogP contribution in [0.2, 0.25) is 0 Å². The number of ether oxygens (including phenoxy) is 1. The summed E-state index contributed by atoms with van der Waals surface area (Å²) in [5.74, 6) is 3.79. The molecule has 6 aromatic rings. The third kappa shape index (κ3) is 5.03. The highest BCUT2D eigenvalue weighted by Gasteiger charge is 2.48. The highest BCUT2D eigenvalue weighted by Crippen LogP contribution is 2.57. The van der Waals surface area contributed by atoms with Gasteiger partial charge in [0.15, 0.2) is 17.5 Å². The van der Waals surface area contributed by atoms with E-state index in [-0.39, 0.29) is 0 Å². The van der Waals surface area contributed by atoms with Crippen molar-refractivity contribution in [3.8, 4) is 51.0 Å². The van der Waals surface area contributed by atoms with Crippen LogP contribution in [0.5, 0.6) is 5.75 Å². The molecule has 1 aliphatic heterocycles. The zero-order valence-electron chi connectivity index (χ0n) is 27.7. The van der Waals surface area contributed by atoms with Crippen molar-refractivity contribution in [3.05, 3.63) is 192 Å². The average molecular weight is 646 g/mol. The fourth-order valence-electron chi connectivity index (χ4n) is 7.83. The molecule has 1 atom stereocenters. The summed E-state index contributed by atoms with van der Waals surface area (Å²) in [6.07, 6.45) is 15.5. The van der Waals surface area contributed by atoms with E-state index in [4.69, 9.17) is 19.7 Å². The lowest BCUT2D eigenvalue weighted by Gasteiger charge is -2.45. The molecule has 5 aromatic carbocycles. The van der Waals surface area contributed by atoms with Crippen molar-refractivity contribution in [3.63, 3.8) is 0 Å². The van der Waals surface area contributed by atoms with Gasteiger partial charge in [-0.05, 0) is 65.7 Å². The molecule has 2 aliphatic carbocycles. The predicted molar refractivity (Wildman–Crippen MR) is 201 cm³/mol. The number of allylic oxidation sites excluding steroid dienone is 7. The summed E-state index contributed by atoms with van der Waals surface area (Å²) in [6.45, 7) is 0. The van der Waals surface area contributed by atoms with E-state index in [1.54, 1.807) is 0 Å². The van der Waals surface area contributed by atoms with Gasteiger partial charge in [0, 0.05) is 22.3 Å². The van der Waals surface area contributed by atoms with Gasteiger partial charge in [-0.15, -0.1) is 0 Å². The van der Waals surface area contributed by atoms with Gasteiger partial charge in [0.1, 0.15) is 11.5 Å². The second kappa shape index (κ2) is 12.7. The first-order valence-corrected chi connectivity index (χ1v) is 17.4. The summed E-state index contributed by atoms with van der Waals surface area (Å²) >= 11 is 0. The Kier molecular flexibility index (Phi) is 7.62. The smallest absolute Gasteiger partial charge is 0.164 e. The molecule has 0 saturated heterocycles. The van der Waals surface area contributed by atoms with Crippen LogP contribution in [0, 0.1) is 0 Å². The van der Waals surface area contributed by atoms with Crippen LogP contribution >= 0.6 is 0 Å². The number of nitrogens with zero attached hydrogens (tertiary/aromatic N) is 3. The number of hydrogen-bond donors (Lipinski definition) is 0. The second-order valence-corrected chi connectivity index (χ2v) is 12.9. The third-order valence-electron chi connectivity index (χ3n) is 10.0. The first kappa shape index (κ1) is 30.0. The van der Waals surface area contributed by atoms with E-state index in [9.17, 15) is 0 Å². The van der Waals surface area contributed by atoms with E-state index in [0.717, 1.165) is 65.0 Å². The van der Waals surface area contributed by atoms with Gasteiger partial charge in [-0.2, -0.15) is 0 Å². The zero-order chi connectivity index (χ0) is 33.3. The van der Waals surface area contributed by atoms with E-state index < -0.39 is 5.41 Å². The molecule has 3 aliphatic rings. The number of benzene rings is 5. The molecule has 9 rings (SSSR count). The van der Waals surface area contributed by atoms with E-state index in [2.05, 4.69) is 127 Å². The Morgan fingerprint density at radius 2 is 1.06 bits per heavy atom. The summed E-state index contributed by atoms with van der Waals surface area (Å²) in [7, 11) is 0. The second-order valence-electron chi connectivity index (χ2n) is 12.9. The summed E-state index contributed by atoms with van der Waals surface area (Å²) in [5.41, 5.74) is 9.53. The Bertz CT molecular complexity index is 2300. The first-order chi connectivity index (χ1) is 24.8. The molecule has 240 valence electrons. The van der Waals surface area contributed by atoms with E-state index >= 15 is 0 Å². The number of rotatable bonds is 6. The van der Waals surface area contributed by atoms with Gasteiger partial charge in [-0.3, -0.25) is 0 Å². The molecule has 0 spiro atoms. The molecule has 4 nitrogen and oxygen atoms in total. The van der Waals surface area contributed by atoms with E-state index in [0.29, 0.717) is 17.5 Å². The lowest BCUT2D eigenvalue weighted by atomic mass is 9.59. The Labute approximate surface area is 292 Å². The van der Waals surface area contributed by atoms with E-state index in [1.807, 2.05) is 36.4 Å². The van der Waals surface area contributed by atoms with Crippen molar-refractivity contribution >= 4 is 0 Å². The molecule has 0 radical (unpaired) electrons. The van der Waals surface area contributed by atoms with Crippen molar-refractivity contribution in [2.45, 2.75) is 31.1 Å². The van der Waals surface area contributed by atoms with Crippen LogP contribution in [0.15, 0.2) is 181 Å². The minimum atomic E-state index is -0.543. The zero-order valence-corrected chi connectivity index (χ0v) is 27.7. The predicted octanol–water partition coefficient (Wildman–Crippen LogP) is 11.1. The molecule has 0 fully saturated rings. The molecular weight excluding hydrogens is 611 g/mol. The van der Waals surface area contributed by atoms with Crippen molar-refractivity contribution in [1.29, 1.82) is 0 Å². The molecule has 0 amide bonds. The van der Waals surface area contributed by atoms with Crippen molar-refractivity contribution < 1.29 is 4.74 Å². The number of para-hydroxylation sites is 1. The van der Waals surface area contributed by atoms with Gasteiger partial charge < -0.3 is 4.74 Å². The van der Waals surface area contributed by atoms with Gasteiger partial charge >= 0.3 is 0 Å². The molecule has 0 saturated carbocycles. The molecular formula is C46H35N3O. The molecule has 2 heterocycles. The maximum atomic E-state index is 6.67. The summed E-state index contributed by atoms with van der Waals surface area (Å²) in [5, 5.41) is 0. The summed E-state index contributed by atoms with van der Waals surface area (Å²) in [4.78, 5) is 15.3. The topological polar surface area (TPSA) is 47.9 Å². The van der Waals surface area contributed by atoms with Crippen LogP contribution in [0.3, 0.4) is 0 Å². The lowest BCUT2D eigenvalue weighted by molar-refractivity contribution is 0.386. The largest absolute Gasteiger partial charge is 0.457 e. The maximum absolute atomic E-state index is 6.67. The first-order valence-electron chi connectivity index (χ1n) is 17.4. The van der Waals surface area contributed by atoms with Crippen LogP contribution in [0.4, 0.5) is 0 Å². The fourth-order valence-corrected chi connectivity index (χ4v) is 7.83. The minimum absolute atomic E-state index is 0.543. The lowest BCUT2D eigenvalue weighted by Crippen LogP contribution is -2.38. The van der Waals surface area contributed by atoms with Crippen molar-refractivity contribution in [1.82, 2.24) is 15.0 Å². The molecule has 4 heteroatoms. The van der Waals surface area contributed by atoms with Crippen molar-refractivity contribution in [2.24, 2.45) is 0 Å². The fraction of sp³-hybridized carbons (Fsp3) is 0.109.